The van der Waals surface area contributed by atoms with E-state index in [0.717, 1.165) is 18.8 Å². The third kappa shape index (κ3) is 4.40. The standard InChI is InChI=1S/C15H16N2OS/c1-17(11-14-6-9-19-12-14)7-8-18-15-4-2-13(10-16)3-5-15/h2-6,9,12H,7-8,11H2,1H3. The van der Waals surface area contributed by atoms with Crippen LogP contribution in [-0.2, 0) is 6.54 Å². The Labute approximate surface area is 117 Å². The maximum atomic E-state index is 8.70. The number of thiophene rings is 1. The number of nitrogens with zero attached hydrogens (tertiary/aromatic N) is 2. The van der Waals surface area contributed by atoms with Crippen LogP contribution in [0.5, 0.6) is 5.75 Å². The third-order valence-corrected chi connectivity index (χ3v) is 3.49. The molecular formula is C15H16N2OS. The van der Waals surface area contributed by atoms with Gasteiger partial charge in [0.05, 0.1) is 11.6 Å². The summed E-state index contributed by atoms with van der Waals surface area (Å²) in [5.74, 6) is 0.808. The molecule has 19 heavy (non-hydrogen) atoms. The average molecular weight is 272 g/mol. The van der Waals surface area contributed by atoms with Gasteiger partial charge >= 0.3 is 0 Å². The van der Waals surface area contributed by atoms with Crippen molar-refractivity contribution in [2.75, 3.05) is 20.2 Å². The zero-order chi connectivity index (χ0) is 13.5. The summed E-state index contributed by atoms with van der Waals surface area (Å²) in [5, 5.41) is 13.0. The van der Waals surface area contributed by atoms with Crippen molar-refractivity contribution in [2.45, 2.75) is 6.54 Å². The van der Waals surface area contributed by atoms with Crippen molar-refractivity contribution < 1.29 is 4.74 Å². The highest BCUT2D eigenvalue weighted by Crippen LogP contribution is 2.12. The van der Waals surface area contributed by atoms with Gasteiger partial charge in [-0.1, -0.05) is 0 Å². The molecule has 0 saturated carbocycles. The molecule has 98 valence electrons. The van der Waals surface area contributed by atoms with Crippen molar-refractivity contribution in [3.05, 3.63) is 52.2 Å². The highest BCUT2D eigenvalue weighted by Gasteiger charge is 2.01. The second-order valence-corrected chi connectivity index (χ2v) is 5.13. The topological polar surface area (TPSA) is 36.3 Å². The Morgan fingerprint density at radius 2 is 2.05 bits per heavy atom. The molecule has 0 radical (unpaired) electrons. The number of rotatable bonds is 6. The first-order valence-corrected chi connectivity index (χ1v) is 7.05. The van der Waals surface area contributed by atoms with E-state index in [1.54, 1.807) is 23.5 Å². The highest BCUT2D eigenvalue weighted by atomic mass is 32.1. The minimum absolute atomic E-state index is 0.645. The maximum absolute atomic E-state index is 8.70. The van der Waals surface area contributed by atoms with Crippen LogP contribution in [0.25, 0.3) is 0 Å². The Morgan fingerprint density at radius 1 is 1.26 bits per heavy atom. The van der Waals surface area contributed by atoms with E-state index in [-0.39, 0.29) is 0 Å². The molecule has 0 spiro atoms. The van der Waals surface area contributed by atoms with Crippen LogP contribution >= 0.6 is 11.3 Å². The van der Waals surface area contributed by atoms with Gasteiger partial charge in [-0.05, 0) is 53.7 Å². The summed E-state index contributed by atoms with van der Waals surface area (Å²) in [6, 6.07) is 11.4. The van der Waals surface area contributed by atoms with Crippen LogP contribution in [0.2, 0.25) is 0 Å². The molecule has 0 bridgehead atoms. The Balaban J connectivity index is 1.72. The number of benzene rings is 1. The van der Waals surface area contributed by atoms with Gasteiger partial charge in [0, 0.05) is 13.1 Å². The van der Waals surface area contributed by atoms with Gasteiger partial charge in [0.1, 0.15) is 12.4 Å². The summed E-state index contributed by atoms with van der Waals surface area (Å²) in [4.78, 5) is 2.23. The van der Waals surface area contributed by atoms with E-state index in [9.17, 15) is 0 Å². The summed E-state index contributed by atoms with van der Waals surface area (Å²) in [7, 11) is 2.08. The normalized spacial score (nSPS) is 10.4. The van der Waals surface area contributed by atoms with Crippen molar-refractivity contribution in [1.29, 1.82) is 5.26 Å². The molecule has 2 aromatic rings. The van der Waals surface area contributed by atoms with E-state index < -0.39 is 0 Å². The van der Waals surface area contributed by atoms with Gasteiger partial charge in [0.25, 0.3) is 0 Å². The predicted molar refractivity (Wildman–Crippen MR) is 77.3 cm³/mol. The SMILES string of the molecule is CN(CCOc1ccc(C#N)cc1)Cc1ccsc1. The van der Waals surface area contributed by atoms with E-state index in [4.69, 9.17) is 10.00 Å². The average Bonchev–Trinajstić information content (AvgIpc) is 2.92. The lowest BCUT2D eigenvalue weighted by atomic mass is 10.2. The lowest BCUT2D eigenvalue weighted by Gasteiger charge is -2.16. The molecule has 0 aliphatic carbocycles. The monoisotopic (exact) mass is 272 g/mol. The Hall–Kier alpha value is -1.83. The van der Waals surface area contributed by atoms with Crippen molar-refractivity contribution >= 4 is 11.3 Å². The fraction of sp³-hybridized carbons (Fsp3) is 0.267. The first-order chi connectivity index (χ1) is 9.28. The van der Waals surface area contributed by atoms with Crippen molar-refractivity contribution in [2.24, 2.45) is 0 Å². The summed E-state index contributed by atoms with van der Waals surface area (Å²) < 4.78 is 5.65. The molecule has 3 nitrogen and oxygen atoms in total. The zero-order valence-corrected chi connectivity index (χ0v) is 11.7. The molecule has 0 unspecified atom stereocenters. The fourth-order valence-electron chi connectivity index (χ4n) is 1.72. The first kappa shape index (κ1) is 13.6. The third-order valence-electron chi connectivity index (χ3n) is 2.76. The molecule has 4 heteroatoms. The summed E-state index contributed by atoms with van der Waals surface area (Å²) >= 11 is 1.72. The molecule has 0 saturated heterocycles. The molecule has 0 N–H and O–H groups in total. The molecule has 0 amide bonds. The number of nitriles is 1. The van der Waals surface area contributed by atoms with Crippen LogP contribution in [0.4, 0.5) is 0 Å². The van der Waals surface area contributed by atoms with Gasteiger partial charge in [-0.2, -0.15) is 16.6 Å². The quantitative estimate of drug-likeness (QED) is 0.810. The molecular weight excluding hydrogens is 256 g/mol. The highest BCUT2D eigenvalue weighted by molar-refractivity contribution is 7.07. The van der Waals surface area contributed by atoms with Gasteiger partial charge in [0.15, 0.2) is 0 Å². The second-order valence-electron chi connectivity index (χ2n) is 4.35. The van der Waals surface area contributed by atoms with Crippen molar-refractivity contribution in [1.82, 2.24) is 4.90 Å². The summed E-state index contributed by atoms with van der Waals surface area (Å²) in [6.07, 6.45) is 0. The van der Waals surface area contributed by atoms with Crippen LogP contribution < -0.4 is 4.74 Å². The van der Waals surface area contributed by atoms with Crippen LogP contribution in [0.15, 0.2) is 41.1 Å². The second kappa shape index (κ2) is 6.93. The zero-order valence-electron chi connectivity index (χ0n) is 10.9. The van der Waals surface area contributed by atoms with E-state index in [0.29, 0.717) is 12.2 Å². The fourth-order valence-corrected chi connectivity index (χ4v) is 2.38. The van der Waals surface area contributed by atoms with Gasteiger partial charge in [-0.25, -0.2) is 0 Å². The van der Waals surface area contributed by atoms with E-state index in [1.807, 2.05) is 12.1 Å². The van der Waals surface area contributed by atoms with Crippen LogP contribution in [0.1, 0.15) is 11.1 Å². The minimum atomic E-state index is 0.645. The van der Waals surface area contributed by atoms with E-state index in [2.05, 4.69) is 34.8 Å². The summed E-state index contributed by atoms with van der Waals surface area (Å²) in [5.41, 5.74) is 1.99. The molecule has 0 aliphatic rings. The molecule has 1 heterocycles. The lowest BCUT2D eigenvalue weighted by Crippen LogP contribution is -2.23. The number of hydrogen-bond donors (Lipinski definition) is 0. The van der Waals surface area contributed by atoms with E-state index >= 15 is 0 Å². The molecule has 1 aromatic carbocycles. The molecule has 2 rings (SSSR count). The van der Waals surface area contributed by atoms with Crippen molar-refractivity contribution in [3.8, 4) is 11.8 Å². The van der Waals surface area contributed by atoms with Gasteiger partial charge in [-0.3, -0.25) is 4.90 Å². The van der Waals surface area contributed by atoms with E-state index in [1.165, 1.54) is 5.56 Å². The maximum Gasteiger partial charge on any atom is 0.119 e. The minimum Gasteiger partial charge on any atom is -0.492 e. The predicted octanol–water partition coefficient (Wildman–Crippen LogP) is 3.13. The number of ether oxygens (including phenoxy) is 1. The Bertz CT molecular complexity index is 528. The molecule has 0 aliphatic heterocycles. The van der Waals surface area contributed by atoms with Gasteiger partial charge in [-0.15, -0.1) is 0 Å². The molecule has 0 fully saturated rings. The van der Waals surface area contributed by atoms with Gasteiger partial charge in [0.2, 0.25) is 0 Å². The lowest BCUT2D eigenvalue weighted by molar-refractivity contribution is 0.233. The summed E-state index contributed by atoms with van der Waals surface area (Å²) in [6.45, 7) is 2.46. The Kier molecular flexibility index (Phi) is 4.96. The first-order valence-electron chi connectivity index (χ1n) is 6.10. The van der Waals surface area contributed by atoms with Crippen LogP contribution in [0.3, 0.4) is 0 Å². The smallest absolute Gasteiger partial charge is 0.119 e. The molecule has 0 atom stereocenters. The number of likely N-dealkylation sites (N-methyl/N-ethyl adjacent to an activating group) is 1. The largest absolute Gasteiger partial charge is 0.492 e. The van der Waals surface area contributed by atoms with Crippen molar-refractivity contribution in [3.63, 3.8) is 0 Å². The number of hydrogen-bond acceptors (Lipinski definition) is 4. The van der Waals surface area contributed by atoms with Crippen LogP contribution in [0, 0.1) is 11.3 Å². The Morgan fingerprint density at radius 3 is 2.68 bits per heavy atom. The van der Waals surface area contributed by atoms with Crippen LogP contribution in [-0.4, -0.2) is 25.1 Å². The molecule has 1 aromatic heterocycles. The van der Waals surface area contributed by atoms with Gasteiger partial charge < -0.3 is 4.74 Å².